The maximum absolute atomic E-state index is 12.6. The highest BCUT2D eigenvalue weighted by molar-refractivity contribution is 7.10. The van der Waals surface area contributed by atoms with Gasteiger partial charge in [0.05, 0.1) is 12.2 Å². The number of aromatic nitrogens is 4. The summed E-state index contributed by atoms with van der Waals surface area (Å²) in [6.07, 6.45) is 4.84. The van der Waals surface area contributed by atoms with Crippen LogP contribution in [0.15, 0.2) is 34.8 Å². The molecule has 3 aromatic heterocycles. The van der Waals surface area contributed by atoms with E-state index in [1.807, 2.05) is 17.5 Å². The highest BCUT2D eigenvalue weighted by atomic mass is 32.1. The Morgan fingerprint density at radius 3 is 2.77 bits per heavy atom. The lowest BCUT2D eigenvalue weighted by Crippen LogP contribution is -2.37. The number of thiophene rings is 1. The minimum Gasteiger partial charge on any atom is -0.347 e. The Labute approximate surface area is 155 Å². The van der Waals surface area contributed by atoms with Crippen molar-refractivity contribution in [3.8, 4) is 0 Å². The summed E-state index contributed by atoms with van der Waals surface area (Å²) in [5.74, 6) is 0.163. The van der Waals surface area contributed by atoms with Gasteiger partial charge in [-0.3, -0.25) is 18.8 Å². The number of carbonyl (C=O) groups excluding carboxylic acids is 1. The molecule has 0 saturated carbocycles. The van der Waals surface area contributed by atoms with Gasteiger partial charge in [-0.25, -0.2) is 4.98 Å². The molecule has 3 heterocycles. The third-order valence-corrected chi connectivity index (χ3v) is 5.67. The smallest absolute Gasteiger partial charge is 0.264 e. The summed E-state index contributed by atoms with van der Waals surface area (Å²) in [6.45, 7) is 4.20. The third-order valence-electron chi connectivity index (χ3n) is 4.72. The van der Waals surface area contributed by atoms with E-state index in [2.05, 4.69) is 29.2 Å². The number of fused-ring (bicyclic) bond motifs is 1. The van der Waals surface area contributed by atoms with Crippen LogP contribution in [0.5, 0.6) is 0 Å². The first-order valence-electron chi connectivity index (χ1n) is 8.75. The van der Waals surface area contributed by atoms with Crippen molar-refractivity contribution in [2.24, 2.45) is 13.0 Å². The molecule has 3 rings (SSSR count). The molecule has 138 valence electrons. The fourth-order valence-corrected chi connectivity index (χ4v) is 4.07. The first-order valence-corrected chi connectivity index (χ1v) is 9.63. The average Bonchev–Trinajstić information content (AvgIpc) is 3.28. The van der Waals surface area contributed by atoms with Gasteiger partial charge >= 0.3 is 0 Å². The molecular formula is C18H23N5O2S. The molecule has 0 fully saturated rings. The van der Waals surface area contributed by atoms with Crippen LogP contribution in [-0.2, 0) is 18.4 Å². The number of aryl methyl sites for hydroxylation is 1. The lowest BCUT2D eigenvalue weighted by molar-refractivity contribution is -0.122. The molecule has 0 aliphatic rings. The lowest BCUT2D eigenvalue weighted by atomic mass is 9.93. The van der Waals surface area contributed by atoms with E-state index in [-0.39, 0.29) is 24.1 Å². The van der Waals surface area contributed by atoms with Crippen molar-refractivity contribution in [2.75, 3.05) is 0 Å². The Kier molecular flexibility index (Phi) is 5.51. The number of hydrogen-bond acceptors (Lipinski definition) is 5. The highest BCUT2D eigenvalue weighted by Crippen LogP contribution is 2.30. The number of hydrogen-bond donors (Lipinski definition) is 1. The fraction of sp³-hybridized carbons (Fsp3) is 0.444. The summed E-state index contributed by atoms with van der Waals surface area (Å²) in [7, 11) is 1.73. The maximum atomic E-state index is 12.6. The number of nitrogens with one attached hydrogen (secondary N) is 1. The fourth-order valence-electron chi connectivity index (χ4n) is 3.20. The molecule has 1 N–H and O–H groups in total. The van der Waals surface area contributed by atoms with Crippen molar-refractivity contribution in [3.63, 3.8) is 0 Å². The van der Waals surface area contributed by atoms with E-state index >= 15 is 0 Å². The van der Waals surface area contributed by atoms with E-state index < -0.39 is 0 Å². The molecule has 8 heteroatoms. The zero-order valence-corrected chi connectivity index (χ0v) is 16.0. The average molecular weight is 373 g/mol. The second kappa shape index (κ2) is 7.82. The van der Waals surface area contributed by atoms with Crippen LogP contribution in [0.25, 0.3) is 11.0 Å². The standard InChI is InChI=1S/C18H23N5O2S/c1-4-12(5-2)16(14-7-6-8-26-14)21-15(24)10-23-11-19-17-13(18(23)25)9-20-22(17)3/h6-9,11-12,16H,4-5,10H2,1-3H3,(H,21,24)/t16-/m1/s1. The molecule has 1 amide bonds. The quantitative estimate of drug-likeness (QED) is 0.690. The Bertz CT molecular complexity index is 940. The zero-order chi connectivity index (χ0) is 18.7. The van der Waals surface area contributed by atoms with Gasteiger partial charge in [0, 0.05) is 11.9 Å². The predicted molar refractivity (Wildman–Crippen MR) is 102 cm³/mol. The van der Waals surface area contributed by atoms with Gasteiger partial charge in [-0.05, 0) is 17.4 Å². The summed E-state index contributed by atoms with van der Waals surface area (Å²) in [5.41, 5.74) is 0.258. The Morgan fingerprint density at radius 1 is 1.35 bits per heavy atom. The summed E-state index contributed by atoms with van der Waals surface area (Å²) in [5, 5.41) is 9.59. The van der Waals surface area contributed by atoms with Gasteiger partial charge in [0.15, 0.2) is 5.65 Å². The topological polar surface area (TPSA) is 81.8 Å². The SMILES string of the molecule is CCC(CC)[C@@H](NC(=O)Cn1cnc2c(cnn2C)c1=O)c1cccs1. The molecule has 0 spiro atoms. The van der Waals surface area contributed by atoms with Gasteiger partial charge in [0.1, 0.15) is 18.3 Å². The van der Waals surface area contributed by atoms with Crippen LogP contribution in [0.1, 0.15) is 37.6 Å². The van der Waals surface area contributed by atoms with Gasteiger partial charge in [-0.1, -0.05) is 32.8 Å². The van der Waals surface area contributed by atoms with Crippen LogP contribution >= 0.6 is 11.3 Å². The molecule has 0 aliphatic carbocycles. The van der Waals surface area contributed by atoms with Crippen molar-refractivity contribution in [2.45, 2.75) is 39.3 Å². The van der Waals surface area contributed by atoms with Crippen molar-refractivity contribution in [3.05, 3.63) is 45.3 Å². The summed E-state index contributed by atoms with van der Waals surface area (Å²) < 4.78 is 2.87. The van der Waals surface area contributed by atoms with Crippen LogP contribution in [0.4, 0.5) is 0 Å². The monoisotopic (exact) mass is 373 g/mol. The molecule has 0 aromatic carbocycles. The third kappa shape index (κ3) is 3.55. The van der Waals surface area contributed by atoms with E-state index in [1.165, 1.54) is 17.1 Å². The molecule has 1 atom stereocenters. The van der Waals surface area contributed by atoms with Gasteiger partial charge in [0.2, 0.25) is 5.91 Å². The molecule has 3 aromatic rings. The van der Waals surface area contributed by atoms with Crippen LogP contribution < -0.4 is 10.9 Å². The first kappa shape index (κ1) is 18.3. The summed E-state index contributed by atoms with van der Waals surface area (Å²) >= 11 is 1.64. The highest BCUT2D eigenvalue weighted by Gasteiger charge is 2.23. The Balaban J connectivity index is 1.80. The Hall–Kier alpha value is -2.48. The van der Waals surface area contributed by atoms with E-state index in [1.54, 1.807) is 23.1 Å². The van der Waals surface area contributed by atoms with Crippen molar-refractivity contribution in [1.29, 1.82) is 0 Å². The van der Waals surface area contributed by atoms with E-state index in [4.69, 9.17) is 0 Å². The largest absolute Gasteiger partial charge is 0.347 e. The second-order valence-electron chi connectivity index (χ2n) is 6.32. The van der Waals surface area contributed by atoms with Gasteiger partial charge in [-0.2, -0.15) is 5.10 Å². The number of nitrogens with zero attached hydrogens (tertiary/aromatic N) is 4. The molecule has 7 nitrogen and oxygen atoms in total. The molecule has 0 unspecified atom stereocenters. The Morgan fingerprint density at radius 2 is 2.12 bits per heavy atom. The molecular weight excluding hydrogens is 350 g/mol. The lowest BCUT2D eigenvalue weighted by Gasteiger charge is -2.25. The molecule has 0 bridgehead atoms. The van der Waals surface area contributed by atoms with E-state index in [0.29, 0.717) is 17.0 Å². The summed E-state index contributed by atoms with van der Waals surface area (Å²) in [4.78, 5) is 30.5. The predicted octanol–water partition coefficient (Wildman–Crippen LogP) is 2.49. The number of rotatable bonds is 7. The van der Waals surface area contributed by atoms with E-state index in [0.717, 1.165) is 17.7 Å². The van der Waals surface area contributed by atoms with Crippen LogP contribution in [0, 0.1) is 5.92 Å². The van der Waals surface area contributed by atoms with Crippen molar-refractivity contribution >= 4 is 28.3 Å². The minimum atomic E-state index is -0.256. The second-order valence-corrected chi connectivity index (χ2v) is 7.30. The van der Waals surface area contributed by atoms with Crippen molar-refractivity contribution < 1.29 is 4.79 Å². The van der Waals surface area contributed by atoms with Gasteiger partial charge in [0.25, 0.3) is 5.56 Å². The molecule has 26 heavy (non-hydrogen) atoms. The molecule has 0 saturated heterocycles. The van der Waals surface area contributed by atoms with Crippen LogP contribution in [-0.4, -0.2) is 25.2 Å². The van der Waals surface area contributed by atoms with Crippen LogP contribution in [0.2, 0.25) is 0 Å². The molecule has 0 aliphatic heterocycles. The zero-order valence-electron chi connectivity index (χ0n) is 15.2. The summed E-state index contributed by atoms with van der Waals surface area (Å²) in [6, 6.07) is 4.00. The number of amides is 1. The first-order chi connectivity index (χ1) is 12.5. The van der Waals surface area contributed by atoms with Crippen LogP contribution in [0.3, 0.4) is 0 Å². The number of carbonyl (C=O) groups is 1. The van der Waals surface area contributed by atoms with Gasteiger partial charge in [-0.15, -0.1) is 11.3 Å². The minimum absolute atomic E-state index is 0.0386. The maximum Gasteiger partial charge on any atom is 0.264 e. The van der Waals surface area contributed by atoms with Gasteiger partial charge < -0.3 is 5.32 Å². The van der Waals surface area contributed by atoms with E-state index in [9.17, 15) is 9.59 Å². The normalized spacial score (nSPS) is 12.6. The molecule has 0 radical (unpaired) electrons. The van der Waals surface area contributed by atoms with Crippen molar-refractivity contribution in [1.82, 2.24) is 24.6 Å².